The summed E-state index contributed by atoms with van der Waals surface area (Å²) in [4.78, 5) is 0. The summed E-state index contributed by atoms with van der Waals surface area (Å²) >= 11 is 0. The molecule has 0 unspecified atom stereocenters. The molecule has 0 atom stereocenters. The Balaban J connectivity index is 2.26. The summed E-state index contributed by atoms with van der Waals surface area (Å²) in [6.45, 7) is 4.92. The molecule has 0 heteroatoms. The molecule has 2 aliphatic carbocycles. The maximum absolute atomic E-state index is 2.46. The van der Waals surface area contributed by atoms with Gasteiger partial charge in [-0.15, -0.1) is 0 Å². The molecule has 0 radical (unpaired) electrons. The molecule has 2 aliphatic rings. The van der Waals surface area contributed by atoms with Crippen molar-refractivity contribution in [1.29, 1.82) is 0 Å². The van der Waals surface area contributed by atoms with E-state index < -0.39 is 0 Å². The lowest BCUT2D eigenvalue weighted by Crippen LogP contribution is -2.16. The quantitative estimate of drug-likeness (QED) is 0.466. The van der Waals surface area contributed by atoms with Crippen molar-refractivity contribution in [3.63, 3.8) is 0 Å². The summed E-state index contributed by atoms with van der Waals surface area (Å²) in [5, 5.41) is 0. The normalized spacial score (nSPS) is 46.0. The molecule has 9 heavy (non-hydrogen) atoms. The lowest BCUT2D eigenvalue weighted by atomic mass is 9.82. The second-order valence-electron chi connectivity index (χ2n) is 4.37. The van der Waals surface area contributed by atoms with Crippen LogP contribution < -0.4 is 0 Å². The molecule has 0 saturated heterocycles. The molecule has 0 aromatic heterocycles. The zero-order valence-corrected chi connectivity index (χ0v) is 6.48. The van der Waals surface area contributed by atoms with Crippen molar-refractivity contribution in [3.05, 3.63) is 0 Å². The Morgan fingerprint density at radius 1 is 0.889 bits per heavy atom. The molecule has 0 aromatic rings. The SMILES string of the molecule is CC1(C)C2CCC1CC2. The lowest BCUT2D eigenvalue weighted by molar-refractivity contribution is 0.260. The highest BCUT2D eigenvalue weighted by Gasteiger charge is 2.47. The fourth-order valence-corrected chi connectivity index (χ4v) is 2.91. The van der Waals surface area contributed by atoms with Gasteiger partial charge >= 0.3 is 0 Å². The van der Waals surface area contributed by atoms with E-state index >= 15 is 0 Å². The van der Waals surface area contributed by atoms with Crippen LogP contribution in [-0.4, -0.2) is 0 Å². The summed E-state index contributed by atoms with van der Waals surface area (Å²) in [5.74, 6) is 2.17. The Morgan fingerprint density at radius 3 is 1.33 bits per heavy atom. The van der Waals surface area contributed by atoms with Crippen LogP contribution in [0.3, 0.4) is 0 Å². The van der Waals surface area contributed by atoms with Gasteiger partial charge in [-0.2, -0.15) is 0 Å². The van der Waals surface area contributed by atoms with Crippen molar-refractivity contribution >= 4 is 0 Å². The van der Waals surface area contributed by atoms with E-state index in [1.165, 1.54) is 25.7 Å². The maximum Gasteiger partial charge on any atom is -0.0298 e. The average Bonchev–Trinajstić information content (AvgIpc) is 2.24. The fraction of sp³-hybridized carbons (Fsp3) is 1.00. The molecule has 2 bridgehead atoms. The van der Waals surface area contributed by atoms with Gasteiger partial charge in [-0.25, -0.2) is 0 Å². The molecule has 52 valence electrons. The third-order valence-electron chi connectivity index (χ3n) is 3.83. The summed E-state index contributed by atoms with van der Waals surface area (Å²) in [6, 6.07) is 0. The number of hydrogen-bond acceptors (Lipinski definition) is 0. The Hall–Kier alpha value is 0. The van der Waals surface area contributed by atoms with Crippen molar-refractivity contribution in [1.82, 2.24) is 0 Å². The van der Waals surface area contributed by atoms with Crippen LogP contribution in [0.1, 0.15) is 39.5 Å². The van der Waals surface area contributed by atoms with Crippen molar-refractivity contribution in [2.24, 2.45) is 17.3 Å². The first-order chi connectivity index (χ1) is 4.21. The van der Waals surface area contributed by atoms with Crippen molar-refractivity contribution in [3.8, 4) is 0 Å². The summed E-state index contributed by atoms with van der Waals surface area (Å²) in [6.07, 6.45) is 6.10. The smallest absolute Gasteiger partial charge is 0.0298 e. The van der Waals surface area contributed by atoms with Crippen LogP contribution in [0.5, 0.6) is 0 Å². The van der Waals surface area contributed by atoms with Crippen molar-refractivity contribution < 1.29 is 0 Å². The standard InChI is InChI=1S/C9H16/c1-9(2)7-3-4-8(9)6-5-7/h7-8H,3-6H2,1-2H3. The van der Waals surface area contributed by atoms with E-state index in [0.717, 1.165) is 17.3 Å². The third kappa shape index (κ3) is 0.595. The predicted octanol–water partition coefficient (Wildman–Crippen LogP) is 2.83. The molecule has 0 N–H and O–H groups in total. The molecule has 0 spiro atoms. The van der Waals surface area contributed by atoms with E-state index in [1.807, 2.05) is 0 Å². The van der Waals surface area contributed by atoms with Gasteiger partial charge in [-0.1, -0.05) is 13.8 Å². The van der Waals surface area contributed by atoms with Crippen molar-refractivity contribution in [2.45, 2.75) is 39.5 Å². The summed E-state index contributed by atoms with van der Waals surface area (Å²) in [7, 11) is 0. The first kappa shape index (κ1) is 5.76. The van der Waals surface area contributed by atoms with Crippen LogP contribution in [-0.2, 0) is 0 Å². The topological polar surface area (TPSA) is 0 Å². The monoisotopic (exact) mass is 124 g/mol. The highest BCUT2D eigenvalue weighted by Crippen LogP contribution is 2.57. The van der Waals surface area contributed by atoms with Crippen LogP contribution in [0.15, 0.2) is 0 Å². The Morgan fingerprint density at radius 2 is 1.22 bits per heavy atom. The highest BCUT2D eigenvalue weighted by atomic mass is 14.5. The van der Waals surface area contributed by atoms with Gasteiger partial charge in [-0.05, 0) is 42.9 Å². The highest BCUT2D eigenvalue weighted by molar-refractivity contribution is 4.97. The van der Waals surface area contributed by atoms with E-state index in [4.69, 9.17) is 0 Å². The predicted molar refractivity (Wildman–Crippen MR) is 39.2 cm³/mol. The average molecular weight is 124 g/mol. The van der Waals surface area contributed by atoms with Crippen LogP contribution >= 0.6 is 0 Å². The lowest BCUT2D eigenvalue weighted by Gasteiger charge is -2.23. The molecule has 2 rings (SSSR count). The first-order valence-corrected chi connectivity index (χ1v) is 4.21. The van der Waals surface area contributed by atoms with E-state index in [9.17, 15) is 0 Å². The summed E-state index contributed by atoms with van der Waals surface area (Å²) in [5.41, 5.74) is 0.722. The van der Waals surface area contributed by atoms with Gasteiger partial charge < -0.3 is 0 Å². The second kappa shape index (κ2) is 1.53. The van der Waals surface area contributed by atoms with Gasteiger partial charge in [0, 0.05) is 0 Å². The molecule has 0 heterocycles. The molecule has 0 aliphatic heterocycles. The van der Waals surface area contributed by atoms with Gasteiger partial charge in [0.15, 0.2) is 0 Å². The zero-order chi connectivity index (χ0) is 6.48. The van der Waals surface area contributed by atoms with Gasteiger partial charge in [0.1, 0.15) is 0 Å². The Kier molecular flexibility index (Phi) is 0.980. The van der Waals surface area contributed by atoms with Gasteiger partial charge in [0.05, 0.1) is 0 Å². The van der Waals surface area contributed by atoms with Crippen LogP contribution in [0.4, 0.5) is 0 Å². The van der Waals surface area contributed by atoms with E-state index in [2.05, 4.69) is 13.8 Å². The van der Waals surface area contributed by atoms with Crippen LogP contribution in [0.25, 0.3) is 0 Å². The minimum atomic E-state index is 0.722. The first-order valence-electron chi connectivity index (χ1n) is 4.21. The molecule has 0 amide bonds. The van der Waals surface area contributed by atoms with E-state index in [1.54, 1.807) is 0 Å². The van der Waals surface area contributed by atoms with E-state index in [-0.39, 0.29) is 0 Å². The third-order valence-corrected chi connectivity index (χ3v) is 3.83. The Bertz CT molecular complexity index is 102. The van der Waals surface area contributed by atoms with Gasteiger partial charge in [0.25, 0.3) is 0 Å². The molecule has 0 nitrogen and oxygen atoms in total. The van der Waals surface area contributed by atoms with Gasteiger partial charge in [0.2, 0.25) is 0 Å². The van der Waals surface area contributed by atoms with Crippen LogP contribution in [0, 0.1) is 17.3 Å². The minimum absolute atomic E-state index is 0.722. The zero-order valence-electron chi connectivity index (χ0n) is 6.48. The molecule has 0 aromatic carbocycles. The fourth-order valence-electron chi connectivity index (χ4n) is 2.91. The number of fused-ring (bicyclic) bond motifs is 2. The molecule has 2 saturated carbocycles. The largest absolute Gasteiger partial charge is 0.0594 e. The second-order valence-corrected chi connectivity index (χ2v) is 4.37. The maximum atomic E-state index is 2.46. The molecular formula is C9H16. The van der Waals surface area contributed by atoms with Crippen molar-refractivity contribution in [2.75, 3.05) is 0 Å². The number of rotatable bonds is 0. The minimum Gasteiger partial charge on any atom is -0.0594 e. The van der Waals surface area contributed by atoms with E-state index in [0.29, 0.717) is 0 Å². The molecule has 2 fully saturated rings. The molecular weight excluding hydrogens is 108 g/mol. The van der Waals surface area contributed by atoms with Gasteiger partial charge in [-0.3, -0.25) is 0 Å². The Labute approximate surface area is 57.6 Å². The van der Waals surface area contributed by atoms with Crippen LogP contribution in [0.2, 0.25) is 0 Å². The summed E-state index contributed by atoms with van der Waals surface area (Å²) < 4.78 is 0. The number of hydrogen-bond donors (Lipinski definition) is 0.